The number of rotatable bonds is 1. The minimum Gasteiger partial charge on any atom is -0.299 e. The molecule has 98 valence electrons. The van der Waals surface area contributed by atoms with Crippen LogP contribution < -0.4 is 0 Å². The Morgan fingerprint density at radius 2 is 2.00 bits per heavy atom. The number of carbonyl (C=O) groups excluding carboxylic acids is 2. The molecule has 0 bridgehead atoms. The zero-order valence-corrected chi connectivity index (χ0v) is 11.6. The largest absolute Gasteiger partial charge is 0.299 e. The van der Waals surface area contributed by atoms with Crippen molar-refractivity contribution in [3.05, 3.63) is 23.3 Å². The standard InChI is InChI=1S/C16H22O2/c1-4-11-9-16(15(18)13(11)6-3)8-7-14(17)12(5-2)10-16/h4,6,12H,5,7-10H2,1-3H3. The molecule has 2 atom stereocenters. The average Bonchev–Trinajstić information content (AvgIpc) is 2.65. The molecule has 0 N–H and O–H groups in total. The quantitative estimate of drug-likeness (QED) is 0.662. The second kappa shape index (κ2) is 4.83. The lowest BCUT2D eigenvalue weighted by atomic mass is 9.66. The van der Waals surface area contributed by atoms with Crippen molar-refractivity contribution >= 4 is 11.6 Å². The van der Waals surface area contributed by atoms with Crippen LogP contribution in [0.1, 0.15) is 52.9 Å². The third kappa shape index (κ3) is 1.88. The third-order valence-corrected chi connectivity index (χ3v) is 4.67. The van der Waals surface area contributed by atoms with Gasteiger partial charge < -0.3 is 0 Å². The Kier molecular flexibility index (Phi) is 3.56. The number of allylic oxidation sites excluding steroid dienone is 4. The summed E-state index contributed by atoms with van der Waals surface area (Å²) in [6.07, 6.45) is 7.78. The van der Waals surface area contributed by atoms with E-state index in [4.69, 9.17) is 0 Å². The highest BCUT2D eigenvalue weighted by molar-refractivity contribution is 6.08. The number of ketones is 2. The molecule has 2 aliphatic rings. The first-order chi connectivity index (χ1) is 8.57. The molecule has 2 nitrogen and oxygen atoms in total. The fraction of sp³-hybridized carbons (Fsp3) is 0.625. The molecule has 18 heavy (non-hydrogen) atoms. The van der Waals surface area contributed by atoms with Gasteiger partial charge in [-0.2, -0.15) is 0 Å². The first-order valence-corrected chi connectivity index (χ1v) is 6.97. The van der Waals surface area contributed by atoms with Crippen LogP contribution in [0.5, 0.6) is 0 Å². The van der Waals surface area contributed by atoms with Crippen molar-refractivity contribution in [2.75, 3.05) is 0 Å². The van der Waals surface area contributed by atoms with Crippen LogP contribution in [0, 0.1) is 11.3 Å². The minimum absolute atomic E-state index is 0.0945. The predicted molar refractivity (Wildman–Crippen MR) is 72.2 cm³/mol. The second-order valence-corrected chi connectivity index (χ2v) is 5.58. The molecule has 0 radical (unpaired) electrons. The van der Waals surface area contributed by atoms with Gasteiger partial charge in [0.15, 0.2) is 5.78 Å². The van der Waals surface area contributed by atoms with Gasteiger partial charge in [0.05, 0.1) is 0 Å². The molecule has 0 aromatic carbocycles. The van der Waals surface area contributed by atoms with E-state index in [0.717, 1.165) is 31.3 Å². The van der Waals surface area contributed by atoms with E-state index in [0.29, 0.717) is 12.2 Å². The van der Waals surface area contributed by atoms with Crippen LogP contribution in [0.15, 0.2) is 23.3 Å². The highest BCUT2D eigenvalue weighted by Crippen LogP contribution is 2.51. The molecule has 2 saturated carbocycles. The van der Waals surface area contributed by atoms with Crippen molar-refractivity contribution < 1.29 is 9.59 Å². The lowest BCUT2D eigenvalue weighted by molar-refractivity contribution is -0.133. The minimum atomic E-state index is -0.266. The molecule has 2 unspecified atom stereocenters. The maximum absolute atomic E-state index is 12.6. The molecule has 0 amide bonds. The lowest BCUT2D eigenvalue weighted by Crippen LogP contribution is -2.37. The Morgan fingerprint density at radius 1 is 1.28 bits per heavy atom. The van der Waals surface area contributed by atoms with E-state index in [-0.39, 0.29) is 17.1 Å². The first-order valence-electron chi connectivity index (χ1n) is 6.97. The summed E-state index contributed by atoms with van der Waals surface area (Å²) >= 11 is 0. The number of hydrogen-bond acceptors (Lipinski definition) is 2. The normalized spacial score (nSPS) is 37.2. The predicted octanol–water partition coefficient (Wildman–Crippen LogP) is 3.62. The van der Waals surface area contributed by atoms with Gasteiger partial charge in [-0.15, -0.1) is 0 Å². The van der Waals surface area contributed by atoms with Crippen LogP contribution in [0.2, 0.25) is 0 Å². The van der Waals surface area contributed by atoms with E-state index >= 15 is 0 Å². The van der Waals surface area contributed by atoms with Crippen LogP contribution in [0.3, 0.4) is 0 Å². The van der Waals surface area contributed by atoms with Crippen molar-refractivity contribution in [2.24, 2.45) is 11.3 Å². The van der Waals surface area contributed by atoms with Gasteiger partial charge in [-0.3, -0.25) is 9.59 Å². The molecule has 2 aliphatic carbocycles. The van der Waals surface area contributed by atoms with Gasteiger partial charge >= 0.3 is 0 Å². The SMILES string of the molecule is CC=C1CC2(CCC(=O)C(CC)C2)C(=O)C1=CC. The maximum Gasteiger partial charge on any atom is 0.169 e. The highest BCUT2D eigenvalue weighted by atomic mass is 16.1. The van der Waals surface area contributed by atoms with E-state index in [1.165, 1.54) is 5.57 Å². The Balaban J connectivity index is 2.34. The van der Waals surface area contributed by atoms with Crippen molar-refractivity contribution in [3.8, 4) is 0 Å². The monoisotopic (exact) mass is 246 g/mol. The van der Waals surface area contributed by atoms with Gasteiger partial charge in [-0.1, -0.05) is 19.1 Å². The Hall–Kier alpha value is -1.18. The fourth-order valence-electron chi connectivity index (χ4n) is 3.54. The van der Waals surface area contributed by atoms with E-state index in [2.05, 4.69) is 6.08 Å². The molecule has 0 saturated heterocycles. The Labute approximate surface area is 109 Å². The summed E-state index contributed by atoms with van der Waals surface area (Å²) in [5.74, 6) is 0.730. The number of Topliss-reactive ketones (excluding diaryl/α,β-unsaturated/α-hetero) is 2. The number of carbonyl (C=O) groups is 2. The molecular weight excluding hydrogens is 224 g/mol. The van der Waals surface area contributed by atoms with Gasteiger partial charge in [0.2, 0.25) is 0 Å². The van der Waals surface area contributed by atoms with Gasteiger partial charge in [0, 0.05) is 23.3 Å². The Bertz CT molecular complexity index is 442. The van der Waals surface area contributed by atoms with Gasteiger partial charge in [0.25, 0.3) is 0 Å². The molecule has 1 spiro atoms. The molecule has 0 heterocycles. The summed E-state index contributed by atoms with van der Waals surface area (Å²) in [5.41, 5.74) is 1.80. The summed E-state index contributed by atoms with van der Waals surface area (Å²) in [7, 11) is 0. The number of hydrogen-bond donors (Lipinski definition) is 0. The highest BCUT2D eigenvalue weighted by Gasteiger charge is 2.50. The van der Waals surface area contributed by atoms with Gasteiger partial charge in [-0.05, 0) is 45.1 Å². The average molecular weight is 246 g/mol. The summed E-state index contributed by atoms with van der Waals surface area (Å²) in [5, 5.41) is 0. The molecular formula is C16H22O2. The third-order valence-electron chi connectivity index (χ3n) is 4.67. The maximum atomic E-state index is 12.6. The van der Waals surface area contributed by atoms with Crippen molar-refractivity contribution in [1.29, 1.82) is 0 Å². The smallest absolute Gasteiger partial charge is 0.169 e. The first kappa shape index (κ1) is 13.3. The van der Waals surface area contributed by atoms with Crippen LogP contribution in [0.25, 0.3) is 0 Å². The van der Waals surface area contributed by atoms with E-state index in [1.54, 1.807) is 0 Å². The summed E-state index contributed by atoms with van der Waals surface area (Å²) in [6, 6.07) is 0. The van der Waals surface area contributed by atoms with Crippen LogP contribution in [-0.2, 0) is 9.59 Å². The Morgan fingerprint density at radius 3 is 2.50 bits per heavy atom. The summed E-state index contributed by atoms with van der Waals surface area (Å²) < 4.78 is 0. The van der Waals surface area contributed by atoms with Crippen LogP contribution in [0.4, 0.5) is 0 Å². The molecule has 0 aromatic rings. The van der Waals surface area contributed by atoms with Gasteiger partial charge in [-0.25, -0.2) is 0 Å². The molecule has 0 aromatic heterocycles. The van der Waals surface area contributed by atoms with Crippen molar-refractivity contribution in [3.63, 3.8) is 0 Å². The molecule has 2 rings (SSSR count). The van der Waals surface area contributed by atoms with E-state index in [1.807, 2.05) is 26.8 Å². The van der Waals surface area contributed by atoms with Crippen molar-refractivity contribution in [2.45, 2.75) is 52.9 Å². The van der Waals surface area contributed by atoms with E-state index < -0.39 is 0 Å². The summed E-state index contributed by atoms with van der Waals surface area (Å²) in [6.45, 7) is 5.98. The van der Waals surface area contributed by atoms with Crippen LogP contribution >= 0.6 is 0 Å². The van der Waals surface area contributed by atoms with E-state index in [9.17, 15) is 9.59 Å². The molecule has 2 heteroatoms. The zero-order chi connectivity index (χ0) is 13.3. The molecule has 0 aliphatic heterocycles. The second-order valence-electron chi connectivity index (χ2n) is 5.58. The topological polar surface area (TPSA) is 34.1 Å². The van der Waals surface area contributed by atoms with Crippen LogP contribution in [-0.4, -0.2) is 11.6 Å². The fourth-order valence-corrected chi connectivity index (χ4v) is 3.54. The molecule has 2 fully saturated rings. The lowest BCUT2D eigenvalue weighted by Gasteiger charge is -2.35. The van der Waals surface area contributed by atoms with Gasteiger partial charge in [0.1, 0.15) is 5.78 Å². The zero-order valence-electron chi connectivity index (χ0n) is 11.6. The van der Waals surface area contributed by atoms with Crippen molar-refractivity contribution in [1.82, 2.24) is 0 Å². The summed E-state index contributed by atoms with van der Waals surface area (Å²) in [4.78, 5) is 24.5.